The van der Waals surface area contributed by atoms with E-state index in [0.29, 0.717) is 23.9 Å². The lowest BCUT2D eigenvalue weighted by atomic mass is 9.90. The van der Waals surface area contributed by atoms with Gasteiger partial charge < -0.3 is 4.90 Å². The van der Waals surface area contributed by atoms with Gasteiger partial charge in [0.15, 0.2) is 0 Å². The van der Waals surface area contributed by atoms with E-state index in [-0.39, 0.29) is 10.8 Å². The van der Waals surface area contributed by atoms with Crippen LogP contribution in [0.25, 0.3) is 0 Å². The number of carbonyl (C=O) groups is 1. The lowest BCUT2D eigenvalue weighted by Gasteiger charge is -2.31. The summed E-state index contributed by atoms with van der Waals surface area (Å²) in [6.45, 7) is 2.64. The van der Waals surface area contributed by atoms with Gasteiger partial charge in [-0.1, -0.05) is 30.3 Å². The second kappa shape index (κ2) is 8.35. The Morgan fingerprint density at radius 1 is 1.04 bits per heavy atom. The van der Waals surface area contributed by atoms with E-state index in [1.54, 1.807) is 11.4 Å². The molecule has 2 aromatic rings. The first-order chi connectivity index (χ1) is 13.5. The average Bonchev–Trinajstić information content (AvgIpc) is 3.42. The van der Waals surface area contributed by atoms with E-state index >= 15 is 0 Å². The molecule has 7 heteroatoms. The second-order valence-corrected chi connectivity index (χ2v) is 10.5. The minimum absolute atomic E-state index is 0.0361. The van der Waals surface area contributed by atoms with Gasteiger partial charge in [0.25, 0.3) is 5.91 Å². The van der Waals surface area contributed by atoms with E-state index in [0.717, 1.165) is 45.2 Å². The molecule has 2 aliphatic rings. The molecule has 1 aromatic carbocycles. The van der Waals surface area contributed by atoms with Gasteiger partial charge in [-0.3, -0.25) is 4.79 Å². The number of piperidine rings is 1. The highest BCUT2D eigenvalue weighted by atomic mass is 32.2. The van der Waals surface area contributed by atoms with E-state index < -0.39 is 10.0 Å². The first-order valence-corrected chi connectivity index (χ1v) is 12.3. The fraction of sp³-hybridized carbons (Fsp3) is 0.476. The van der Waals surface area contributed by atoms with Crippen molar-refractivity contribution >= 4 is 27.3 Å². The number of nitrogens with zero attached hydrogens (tertiary/aromatic N) is 2. The number of benzene rings is 1. The van der Waals surface area contributed by atoms with Crippen molar-refractivity contribution in [1.82, 2.24) is 9.21 Å². The maximum absolute atomic E-state index is 12.9. The number of likely N-dealkylation sites (tertiary alicyclic amines) is 1. The standard InChI is InChI=1S/C21H26N2O3S2/c24-21(20-15-19(16-27-20)28(25,26)23-10-4-5-11-23)22-12-8-18(9-13-22)14-17-6-2-1-3-7-17/h1-3,6-7,15-16,18H,4-5,8-14H2. The molecule has 3 heterocycles. The molecule has 2 saturated heterocycles. The Hall–Kier alpha value is -1.70. The van der Waals surface area contributed by atoms with Crippen LogP contribution < -0.4 is 0 Å². The highest BCUT2D eigenvalue weighted by Gasteiger charge is 2.30. The molecule has 0 spiro atoms. The molecule has 4 rings (SSSR count). The average molecular weight is 419 g/mol. The fourth-order valence-electron chi connectivity index (χ4n) is 4.09. The Morgan fingerprint density at radius 3 is 2.39 bits per heavy atom. The van der Waals surface area contributed by atoms with Gasteiger partial charge in [-0.15, -0.1) is 11.3 Å². The molecule has 1 aromatic heterocycles. The Morgan fingerprint density at radius 2 is 1.71 bits per heavy atom. The molecule has 0 unspecified atom stereocenters. The normalized spacial score (nSPS) is 19.2. The number of rotatable bonds is 5. The molecule has 5 nitrogen and oxygen atoms in total. The number of hydrogen-bond acceptors (Lipinski definition) is 4. The van der Waals surface area contributed by atoms with E-state index in [9.17, 15) is 13.2 Å². The molecular formula is C21H26N2O3S2. The van der Waals surface area contributed by atoms with Gasteiger partial charge in [0, 0.05) is 31.6 Å². The smallest absolute Gasteiger partial charge is 0.263 e. The van der Waals surface area contributed by atoms with Crippen molar-refractivity contribution < 1.29 is 13.2 Å². The molecule has 2 fully saturated rings. The number of thiophene rings is 1. The van der Waals surface area contributed by atoms with Crippen LogP contribution in [0.1, 0.15) is 40.9 Å². The Balaban J connectivity index is 1.36. The molecule has 0 bridgehead atoms. The van der Waals surface area contributed by atoms with Gasteiger partial charge >= 0.3 is 0 Å². The Labute approximate surface area is 171 Å². The first kappa shape index (κ1) is 19.6. The summed E-state index contributed by atoms with van der Waals surface area (Å²) in [5.74, 6) is 0.562. The fourth-order valence-corrected chi connectivity index (χ4v) is 6.83. The summed E-state index contributed by atoms with van der Waals surface area (Å²) in [5, 5.41) is 1.61. The number of carbonyl (C=O) groups excluding carboxylic acids is 1. The van der Waals surface area contributed by atoms with Gasteiger partial charge in [0.05, 0.1) is 9.77 Å². The van der Waals surface area contributed by atoms with Crippen LogP contribution in [0.5, 0.6) is 0 Å². The van der Waals surface area contributed by atoms with E-state index in [1.165, 1.54) is 21.2 Å². The van der Waals surface area contributed by atoms with Gasteiger partial charge in [-0.05, 0) is 49.7 Å². The predicted octanol–water partition coefficient (Wildman–Crippen LogP) is 3.63. The van der Waals surface area contributed by atoms with Crippen LogP contribution in [-0.2, 0) is 16.4 Å². The van der Waals surface area contributed by atoms with Crippen molar-refractivity contribution in [3.05, 3.63) is 52.2 Å². The van der Waals surface area contributed by atoms with Gasteiger partial charge in [0.1, 0.15) is 0 Å². The molecule has 2 aliphatic heterocycles. The highest BCUT2D eigenvalue weighted by molar-refractivity contribution is 7.89. The number of amides is 1. The van der Waals surface area contributed by atoms with Crippen molar-refractivity contribution in [2.75, 3.05) is 26.2 Å². The number of hydrogen-bond donors (Lipinski definition) is 0. The molecule has 1 amide bonds. The zero-order valence-electron chi connectivity index (χ0n) is 15.9. The topological polar surface area (TPSA) is 57.7 Å². The third-order valence-corrected chi connectivity index (χ3v) is 8.70. The minimum Gasteiger partial charge on any atom is -0.338 e. The van der Waals surface area contributed by atoms with Crippen LogP contribution in [0.3, 0.4) is 0 Å². The maximum atomic E-state index is 12.9. The highest BCUT2D eigenvalue weighted by Crippen LogP contribution is 2.28. The summed E-state index contributed by atoms with van der Waals surface area (Å²) < 4.78 is 26.9. The quantitative estimate of drug-likeness (QED) is 0.745. The Bertz CT molecular complexity index is 910. The molecule has 0 aliphatic carbocycles. The van der Waals surface area contributed by atoms with Crippen LogP contribution in [0.15, 0.2) is 46.7 Å². The molecule has 0 saturated carbocycles. The largest absolute Gasteiger partial charge is 0.338 e. The van der Waals surface area contributed by atoms with Crippen LogP contribution >= 0.6 is 11.3 Å². The first-order valence-electron chi connectivity index (χ1n) is 9.96. The van der Waals surface area contributed by atoms with Crippen LogP contribution in [-0.4, -0.2) is 49.7 Å². The van der Waals surface area contributed by atoms with Crippen molar-refractivity contribution in [2.24, 2.45) is 5.92 Å². The SMILES string of the molecule is O=C(c1cc(S(=O)(=O)N2CCCC2)cs1)N1CCC(Cc2ccccc2)CC1. The zero-order valence-corrected chi connectivity index (χ0v) is 17.6. The third-order valence-electron chi connectivity index (χ3n) is 5.76. The lowest BCUT2D eigenvalue weighted by molar-refractivity contribution is 0.0695. The van der Waals surface area contributed by atoms with Crippen molar-refractivity contribution in [3.63, 3.8) is 0 Å². The van der Waals surface area contributed by atoms with E-state index in [2.05, 4.69) is 24.3 Å². The molecular weight excluding hydrogens is 392 g/mol. The van der Waals surface area contributed by atoms with Gasteiger partial charge in [-0.2, -0.15) is 4.31 Å². The van der Waals surface area contributed by atoms with Gasteiger partial charge in [-0.25, -0.2) is 8.42 Å². The maximum Gasteiger partial charge on any atom is 0.263 e. The summed E-state index contributed by atoms with van der Waals surface area (Å²) in [5.41, 5.74) is 1.35. The zero-order chi connectivity index (χ0) is 19.6. The van der Waals surface area contributed by atoms with Crippen molar-refractivity contribution in [1.29, 1.82) is 0 Å². The second-order valence-electron chi connectivity index (χ2n) is 7.68. The van der Waals surface area contributed by atoms with Crippen LogP contribution in [0, 0.1) is 5.92 Å². The van der Waals surface area contributed by atoms with Crippen LogP contribution in [0.4, 0.5) is 0 Å². The summed E-state index contributed by atoms with van der Waals surface area (Å²) in [6.07, 6.45) is 4.86. The molecule has 28 heavy (non-hydrogen) atoms. The molecule has 0 N–H and O–H groups in total. The lowest BCUT2D eigenvalue weighted by Crippen LogP contribution is -2.38. The molecule has 0 radical (unpaired) electrons. The van der Waals surface area contributed by atoms with E-state index in [4.69, 9.17) is 0 Å². The summed E-state index contributed by atoms with van der Waals surface area (Å²) in [6, 6.07) is 12.1. The van der Waals surface area contributed by atoms with Crippen LogP contribution in [0.2, 0.25) is 0 Å². The van der Waals surface area contributed by atoms with Gasteiger partial charge in [0.2, 0.25) is 10.0 Å². The molecule has 0 atom stereocenters. The summed E-state index contributed by atoms with van der Waals surface area (Å²) in [4.78, 5) is 15.5. The number of sulfonamides is 1. The monoisotopic (exact) mass is 418 g/mol. The predicted molar refractivity (Wildman–Crippen MR) is 111 cm³/mol. The third kappa shape index (κ3) is 4.16. The summed E-state index contributed by atoms with van der Waals surface area (Å²) >= 11 is 1.24. The van der Waals surface area contributed by atoms with Crippen molar-refractivity contribution in [3.8, 4) is 0 Å². The van der Waals surface area contributed by atoms with E-state index in [1.807, 2.05) is 11.0 Å². The Kier molecular flexibility index (Phi) is 5.85. The van der Waals surface area contributed by atoms with Crippen molar-refractivity contribution in [2.45, 2.75) is 37.0 Å². The summed E-state index contributed by atoms with van der Waals surface area (Å²) in [7, 11) is -3.45. The molecule has 150 valence electrons. The minimum atomic E-state index is -3.45.